The summed E-state index contributed by atoms with van der Waals surface area (Å²) in [5.74, 6) is 0.977. The van der Waals surface area contributed by atoms with Gasteiger partial charge in [-0.3, -0.25) is 0 Å². The van der Waals surface area contributed by atoms with E-state index in [-0.39, 0.29) is 0 Å². The van der Waals surface area contributed by atoms with Gasteiger partial charge < -0.3 is 0 Å². The second-order valence-electron chi connectivity index (χ2n) is 6.41. The van der Waals surface area contributed by atoms with E-state index in [1.807, 2.05) is 0 Å². The zero-order valence-electron chi connectivity index (χ0n) is 15.0. The summed E-state index contributed by atoms with van der Waals surface area (Å²) in [4.78, 5) is 9.86. The third-order valence-electron chi connectivity index (χ3n) is 4.62. The largest absolute Gasteiger partial charge is 0.223 e. The molecule has 4 rings (SSSR count). The summed E-state index contributed by atoms with van der Waals surface area (Å²) in [6, 6.07) is 21.1. The van der Waals surface area contributed by atoms with Crippen molar-refractivity contribution in [1.29, 1.82) is 0 Å². The molecule has 0 saturated carbocycles. The summed E-state index contributed by atoms with van der Waals surface area (Å²) in [6.45, 7) is 2.15. The highest BCUT2D eigenvalue weighted by atomic mass is 32.2. The van der Waals surface area contributed by atoms with Gasteiger partial charge in [0, 0.05) is 11.1 Å². The van der Waals surface area contributed by atoms with Crippen molar-refractivity contribution in [3.05, 3.63) is 77.5 Å². The fraction of sp³-hybridized carbons (Fsp3) is 0.217. The highest BCUT2D eigenvalue weighted by molar-refractivity contribution is 7.99. The number of rotatable bonds is 4. The third kappa shape index (κ3) is 3.58. The van der Waals surface area contributed by atoms with E-state index >= 15 is 0 Å². The molecule has 0 aliphatic heterocycles. The first-order valence-electron chi connectivity index (χ1n) is 9.20. The first-order valence-corrected chi connectivity index (χ1v) is 10.2. The second kappa shape index (κ2) is 7.88. The van der Waals surface area contributed by atoms with Gasteiger partial charge in [0.05, 0.1) is 11.4 Å². The zero-order chi connectivity index (χ0) is 17.8. The van der Waals surface area contributed by atoms with Gasteiger partial charge in [-0.1, -0.05) is 79.3 Å². The fourth-order valence-electron chi connectivity index (χ4n) is 3.46. The van der Waals surface area contributed by atoms with Crippen molar-refractivity contribution in [3.8, 4) is 11.3 Å². The number of benzene rings is 2. The van der Waals surface area contributed by atoms with Gasteiger partial charge in [-0.25, -0.2) is 9.97 Å². The molecule has 3 heteroatoms. The Hall–Kier alpha value is -2.39. The molecule has 0 unspecified atom stereocenters. The van der Waals surface area contributed by atoms with Crippen molar-refractivity contribution in [2.75, 3.05) is 5.75 Å². The summed E-state index contributed by atoms with van der Waals surface area (Å²) >= 11 is 1.72. The first-order chi connectivity index (χ1) is 12.8. The average molecular weight is 359 g/mol. The third-order valence-corrected chi connectivity index (χ3v) is 5.35. The van der Waals surface area contributed by atoms with Crippen LogP contribution in [0.15, 0.2) is 65.8 Å². The maximum absolute atomic E-state index is 4.95. The van der Waals surface area contributed by atoms with E-state index in [9.17, 15) is 0 Å². The molecule has 0 atom stereocenters. The molecule has 3 aromatic rings. The van der Waals surface area contributed by atoms with Crippen LogP contribution in [0.25, 0.3) is 22.9 Å². The lowest BCUT2D eigenvalue weighted by Gasteiger charge is -2.22. The Labute approximate surface area is 159 Å². The highest BCUT2D eigenvalue weighted by Crippen LogP contribution is 2.37. The molecule has 0 spiro atoms. The van der Waals surface area contributed by atoms with Gasteiger partial charge in [0.15, 0.2) is 5.16 Å². The van der Waals surface area contributed by atoms with E-state index < -0.39 is 0 Å². The van der Waals surface area contributed by atoms with E-state index in [1.54, 1.807) is 11.8 Å². The molecule has 2 aromatic carbocycles. The lowest BCUT2D eigenvalue weighted by Crippen LogP contribution is -2.10. The van der Waals surface area contributed by atoms with Crippen LogP contribution < -0.4 is 0 Å². The smallest absolute Gasteiger partial charge is 0.188 e. The van der Waals surface area contributed by atoms with E-state index in [0.29, 0.717) is 0 Å². The number of hydrogen-bond donors (Lipinski definition) is 0. The Morgan fingerprint density at radius 1 is 0.885 bits per heavy atom. The maximum Gasteiger partial charge on any atom is 0.188 e. The van der Waals surface area contributed by atoms with Gasteiger partial charge in [0.1, 0.15) is 0 Å². The number of allylic oxidation sites excluding steroid dienone is 1. The number of fused-ring (bicyclic) bond motifs is 1. The van der Waals surface area contributed by atoms with Gasteiger partial charge in [0.2, 0.25) is 0 Å². The lowest BCUT2D eigenvalue weighted by atomic mass is 9.88. The Kier molecular flexibility index (Phi) is 5.16. The van der Waals surface area contributed by atoms with Crippen molar-refractivity contribution in [3.63, 3.8) is 0 Å². The van der Waals surface area contributed by atoms with Gasteiger partial charge in [-0.15, -0.1) is 0 Å². The van der Waals surface area contributed by atoms with E-state index in [0.717, 1.165) is 41.6 Å². The molecule has 1 aliphatic rings. The van der Waals surface area contributed by atoms with Crippen molar-refractivity contribution < 1.29 is 0 Å². The normalized spacial score (nSPS) is 15.0. The van der Waals surface area contributed by atoms with Crippen molar-refractivity contribution >= 4 is 23.4 Å². The predicted octanol–water partition coefficient (Wildman–Crippen LogP) is 6.13. The lowest BCUT2D eigenvalue weighted by molar-refractivity contribution is 0.784. The number of hydrogen-bond acceptors (Lipinski definition) is 3. The second-order valence-corrected chi connectivity index (χ2v) is 7.65. The monoisotopic (exact) mass is 358 g/mol. The standard InChI is InChI=1S/C23H22N2S/c1-2-26-23-24-21(18-12-7-4-8-13-18)20-15-9-14-19(22(20)25-23)16-17-10-5-3-6-11-17/h3-8,10-13,16H,2,9,14-15H2,1H3/b19-16-. The van der Waals surface area contributed by atoms with E-state index in [1.165, 1.54) is 22.3 Å². The summed E-state index contributed by atoms with van der Waals surface area (Å²) in [5, 5.41) is 0.881. The van der Waals surface area contributed by atoms with Crippen LogP contribution in [0.2, 0.25) is 0 Å². The predicted molar refractivity (Wildman–Crippen MR) is 111 cm³/mol. The van der Waals surface area contributed by atoms with E-state index in [4.69, 9.17) is 9.97 Å². The first kappa shape index (κ1) is 17.0. The minimum absolute atomic E-state index is 0.881. The molecule has 0 amide bonds. The molecule has 2 nitrogen and oxygen atoms in total. The summed E-state index contributed by atoms with van der Waals surface area (Å²) < 4.78 is 0. The number of nitrogens with zero attached hydrogens (tertiary/aromatic N) is 2. The summed E-state index contributed by atoms with van der Waals surface area (Å²) in [6.07, 6.45) is 5.56. The quantitative estimate of drug-likeness (QED) is 0.414. The SMILES string of the molecule is CCSc1nc2c(c(-c3ccccc3)n1)CCC/C2=C/c1ccccc1. The molecule has 0 bridgehead atoms. The molecule has 26 heavy (non-hydrogen) atoms. The van der Waals surface area contributed by atoms with Gasteiger partial charge >= 0.3 is 0 Å². The van der Waals surface area contributed by atoms with Crippen LogP contribution >= 0.6 is 11.8 Å². The fourth-order valence-corrected chi connectivity index (χ4v) is 4.03. The van der Waals surface area contributed by atoms with Gasteiger partial charge in [-0.05, 0) is 42.2 Å². The van der Waals surface area contributed by atoms with Crippen molar-refractivity contribution in [2.45, 2.75) is 31.3 Å². The minimum atomic E-state index is 0.881. The van der Waals surface area contributed by atoms with Crippen LogP contribution in [-0.4, -0.2) is 15.7 Å². The van der Waals surface area contributed by atoms with Crippen LogP contribution in [0.3, 0.4) is 0 Å². The Morgan fingerprint density at radius 2 is 1.58 bits per heavy atom. The Bertz CT molecular complexity index is 918. The molecule has 0 radical (unpaired) electrons. The molecule has 0 saturated heterocycles. The van der Waals surface area contributed by atoms with Gasteiger partial charge in [0.25, 0.3) is 0 Å². The van der Waals surface area contributed by atoms with Crippen LogP contribution in [0.1, 0.15) is 36.6 Å². The molecular formula is C23H22N2S. The molecule has 0 fully saturated rings. The molecule has 1 aromatic heterocycles. The topological polar surface area (TPSA) is 25.8 Å². The summed E-state index contributed by atoms with van der Waals surface area (Å²) in [7, 11) is 0. The molecule has 130 valence electrons. The van der Waals surface area contributed by atoms with Gasteiger partial charge in [-0.2, -0.15) is 0 Å². The van der Waals surface area contributed by atoms with Crippen LogP contribution in [0.4, 0.5) is 0 Å². The van der Waals surface area contributed by atoms with E-state index in [2.05, 4.69) is 73.7 Å². The minimum Gasteiger partial charge on any atom is -0.223 e. The Balaban J connectivity index is 1.88. The number of thioether (sulfide) groups is 1. The van der Waals surface area contributed by atoms with Crippen LogP contribution in [0, 0.1) is 0 Å². The Morgan fingerprint density at radius 3 is 2.31 bits per heavy atom. The highest BCUT2D eigenvalue weighted by Gasteiger charge is 2.22. The molecule has 1 aliphatic carbocycles. The molecular weight excluding hydrogens is 336 g/mol. The van der Waals surface area contributed by atoms with Crippen molar-refractivity contribution in [1.82, 2.24) is 9.97 Å². The molecule has 1 heterocycles. The zero-order valence-corrected chi connectivity index (χ0v) is 15.8. The molecule has 0 N–H and O–H groups in total. The van der Waals surface area contributed by atoms with Crippen LogP contribution in [-0.2, 0) is 6.42 Å². The number of aromatic nitrogens is 2. The van der Waals surface area contributed by atoms with Crippen LogP contribution in [0.5, 0.6) is 0 Å². The maximum atomic E-state index is 4.95. The average Bonchev–Trinajstić information content (AvgIpc) is 2.70. The van der Waals surface area contributed by atoms with Crippen molar-refractivity contribution in [2.24, 2.45) is 0 Å². The summed E-state index contributed by atoms with van der Waals surface area (Å²) in [5.41, 5.74) is 7.29.